The molecule has 1 atom stereocenters. The third-order valence-corrected chi connectivity index (χ3v) is 3.82. The van der Waals surface area contributed by atoms with Gasteiger partial charge in [0.2, 0.25) is 0 Å². The molecule has 0 saturated heterocycles. The highest BCUT2D eigenvalue weighted by atomic mass is 35.5. The van der Waals surface area contributed by atoms with Crippen LogP contribution < -0.4 is 10.6 Å². The average molecular weight is 346 g/mol. The van der Waals surface area contributed by atoms with Crippen molar-refractivity contribution in [2.75, 3.05) is 0 Å². The van der Waals surface area contributed by atoms with E-state index in [0.717, 1.165) is 12.0 Å². The number of hydrogen-bond acceptors (Lipinski definition) is 3. The maximum atomic E-state index is 12.2. The fourth-order valence-corrected chi connectivity index (χ4v) is 2.09. The van der Waals surface area contributed by atoms with E-state index in [-0.39, 0.29) is 29.2 Å². The summed E-state index contributed by atoms with van der Waals surface area (Å²) in [4.78, 5) is 28.4. The van der Waals surface area contributed by atoms with Crippen molar-refractivity contribution in [3.8, 4) is 0 Å². The van der Waals surface area contributed by atoms with Gasteiger partial charge >= 0.3 is 0 Å². The van der Waals surface area contributed by atoms with Gasteiger partial charge in [-0.3, -0.25) is 9.59 Å². The quantitative estimate of drug-likeness (QED) is 0.844. The molecule has 0 radical (unpaired) electrons. The number of aromatic nitrogens is 1. The van der Waals surface area contributed by atoms with Gasteiger partial charge in [0, 0.05) is 17.6 Å². The van der Waals surface area contributed by atoms with Crippen molar-refractivity contribution in [1.82, 2.24) is 15.6 Å². The first-order valence-corrected chi connectivity index (χ1v) is 8.18. The average Bonchev–Trinajstić information content (AvgIpc) is 2.60. The van der Waals surface area contributed by atoms with Gasteiger partial charge in [0.15, 0.2) is 0 Å². The first kappa shape index (κ1) is 17.9. The van der Waals surface area contributed by atoms with Crippen molar-refractivity contribution in [3.63, 3.8) is 0 Å². The van der Waals surface area contributed by atoms with Gasteiger partial charge in [0.25, 0.3) is 11.8 Å². The molecule has 24 heavy (non-hydrogen) atoms. The van der Waals surface area contributed by atoms with Crippen LogP contribution in [0.1, 0.15) is 46.8 Å². The van der Waals surface area contributed by atoms with E-state index < -0.39 is 0 Å². The zero-order valence-electron chi connectivity index (χ0n) is 13.7. The molecule has 0 saturated carbocycles. The molecule has 2 rings (SSSR count). The molecule has 0 aliphatic heterocycles. The number of carbonyl (C=O) groups is 2. The third kappa shape index (κ3) is 5.06. The summed E-state index contributed by atoms with van der Waals surface area (Å²) in [6.07, 6.45) is 0.826. The van der Waals surface area contributed by atoms with E-state index in [1.165, 1.54) is 0 Å². The predicted molar refractivity (Wildman–Crippen MR) is 94.1 cm³/mol. The standard InChI is InChI=1S/C18H20ClN3O2/c1-3-12(2)21-18(24)16-6-4-5-15(22-16)17(23)20-11-13-7-9-14(19)10-8-13/h4-10,12H,3,11H2,1-2H3,(H,20,23)(H,21,24). The first-order chi connectivity index (χ1) is 11.5. The molecule has 2 aromatic rings. The molecule has 6 heteroatoms. The lowest BCUT2D eigenvalue weighted by Crippen LogP contribution is -2.33. The lowest BCUT2D eigenvalue weighted by molar-refractivity contribution is 0.0933. The summed E-state index contributed by atoms with van der Waals surface area (Å²) in [5.74, 6) is -0.611. The van der Waals surface area contributed by atoms with Crippen LogP contribution in [-0.4, -0.2) is 22.8 Å². The Kier molecular flexibility index (Phi) is 6.32. The maximum absolute atomic E-state index is 12.2. The molecule has 0 aliphatic rings. The third-order valence-electron chi connectivity index (χ3n) is 3.57. The fourth-order valence-electron chi connectivity index (χ4n) is 1.96. The lowest BCUT2D eigenvalue weighted by atomic mass is 10.2. The van der Waals surface area contributed by atoms with Crippen molar-refractivity contribution >= 4 is 23.4 Å². The summed E-state index contributed by atoms with van der Waals surface area (Å²) in [6, 6.07) is 12.1. The number of nitrogens with zero attached hydrogens (tertiary/aromatic N) is 1. The van der Waals surface area contributed by atoms with Crippen LogP contribution in [0.5, 0.6) is 0 Å². The number of benzene rings is 1. The molecule has 126 valence electrons. The van der Waals surface area contributed by atoms with Gasteiger partial charge in [-0.25, -0.2) is 4.98 Å². The largest absolute Gasteiger partial charge is 0.348 e. The molecule has 2 N–H and O–H groups in total. The van der Waals surface area contributed by atoms with Gasteiger partial charge in [-0.15, -0.1) is 0 Å². The highest BCUT2D eigenvalue weighted by Crippen LogP contribution is 2.09. The van der Waals surface area contributed by atoms with Crippen LogP contribution in [0.2, 0.25) is 5.02 Å². The Bertz CT molecular complexity index is 716. The minimum Gasteiger partial charge on any atom is -0.348 e. The van der Waals surface area contributed by atoms with Gasteiger partial charge in [0.05, 0.1) is 0 Å². The highest BCUT2D eigenvalue weighted by molar-refractivity contribution is 6.30. The number of carbonyl (C=O) groups excluding carboxylic acids is 2. The summed E-state index contributed by atoms with van der Waals surface area (Å²) in [5, 5.41) is 6.25. The molecule has 1 unspecified atom stereocenters. The minimum atomic E-state index is -0.330. The maximum Gasteiger partial charge on any atom is 0.270 e. The van der Waals surface area contributed by atoms with Crippen LogP contribution >= 0.6 is 11.6 Å². The zero-order valence-corrected chi connectivity index (χ0v) is 14.4. The number of nitrogens with one attached hydrogen (secondary N) is 2. The van der Waals surface area contributed by atoms with Crippen LogP contribution in [0.15, 0.2) is 42.5 Å². The topological polar surface area (TPSA) is 71.1 Å². The Hall–Kier alpha value is -2.40. The second-order valence-corrected chi connectivity index (χ2v) is 5.94. The SMILES string of the molecule is CCC(C)NC(=O)c1cccc(C(=O)NCc2ccc(Cl)cc2)n1. The summed E-state index contributed by atoms with van der Waals surface area (Å²) in [6.45, 7) is 4.26. The minimum absolute atomic E-state index is 0.0571. The number of rotatable bonds is 6. The van der Waals surface area contributed by atoms with E-state index in [4.69, 9.17) is 11.6 Å². The van der Waals surface area contributed by atoms with Crippen molar-refractivity contribution in [3.05, 3.63) is 64.4 Å². The second-order valence-electron chi connectivity index (χ2n) is 5.50. The van der Waals surface area contributed by atoms with E-state index in [2.05, 4.69) is 15.6 Å². The summed E-state index contributed by atoms with van der Waals surface area (Å²) < 4.78 is 0. The van der Waals surface area contributed by atoms with Crippen LogP contribution in [0, 0.1) is 0 Å². The van der Waals surface area contributed by atoms with E-state index >= 15 is 0 Å². The van der Waals surface area contributed by atoms with E-state index in [9.17, 15) is 9.59 Å². The molecule has 1 heterocycles. The summed E-state index contributed by atoms with van der Waals surface area (Å²) in [5.41, 5.74) is 1.37. The van der Waals surface area contributed by atoms with Crippen molar-refractivity contribution in [2.45, 2.75) is 32.9 Å². The van der Waals surface area contributed by atoms with Crippen molar-refractivity contribution in [2.24, 2.45) is 0 Å². The number of halogens is 1. The van der Waals surface area contributed by atoms with Gasteiger partial charge in [-0.05, 0) is 43.2 Å². The van der Waals surface area contributed by atoms with E-state index in [0.29, 0.717) is 11.6 Å². The molecule has 5 nitrogen and oxygen atoms in total. The Morgan fingerprint density at radius 3 is 2.33 bits per heavy atom. The molecule has 0 bridgehead atoms. The highest BCUT2D eigenvalue weighted by Gasteiger charge is 2.13. The molecule has 1 aromatic heterocycles. The molecular weight excluding hydrogens is 326 g/mol. The molecule has 0 spiro atoms. The van der Waals surface area contributed by atoms with Crippen molar-refractivity contribution < 1.29 is 9.59 Å². The summed E-state index contributed by atoms with van der Waals surface area (Å²) in [7, 11) is 0. The monoisotopic (exact) mass is 345 g/mol. The molecule has 2 amide bonds. The van der Waals surface area contributed by atoms with Gasteiger partial charge in [-0.2, -0.15) is 0 Å². The van der Waals surface area contributed by atoms with Gasteiger partial charge in [-0.1, -0.05) is 36.7 Å². The zero-order chi connectivity index (χ0) is 17.5. The van der Waals surface area contributed by atoms with Crippen molar-refractivity contribution in [1.29, 1.82) is 0 Å². The van der Waals surface area contributed by atoms with Gasteiger partial charge in [0.1, 0.15) is 11.4 Å². The van der Waals surface area contributed by atoms with Gasteiger partial charge < -0.3 is 10.6 Å². The molecule has 0 aliphatic carbocycles. The Morgan fingerprint density at radius 2 is 1.71 bits per heavy atom. The Morgan fingerprint density at radius 1 is 1.08 bits per heavy atom. The lowest BCUT2D eigenvalue weighted by Gasteiger charge is -2.11. The number of amides is 2. The van der Waals surface area contributed by atoms with Crippen LogP contribution in [0.3, 0.4) is 0 Å². The van der Waals surface area contributed by atoms with Crippen LogP contribution in [0.4, 0.5) is 0 Å². The molecular formula is C18H20ClN3O2. The van der Waals surface area contributed by atoms with Crippen LogP contribution in [0.25, 0.3) is 0 Å². The second kappa shape index (κ2) is 8.45. The number of hydrogen-bond donors (Lipinski definition) is 2. The first-order valence-electron chi connectivity index (χ1n) is 7.80. The van der Waals surface area contributed by atoms with E-state index in [1.54, 1.807) is 30.3 Å². The number of pyridine rings is 1. The fraction of sp³-hybridized carbons (Fsp3) is 0.278. The normalized spacial score (nSPS) is 11.6. The molecule has 1 aromatic carbocycles. The smallest absolute Gasteiger partial charge is 0.270 e. The Labute approximate surface area is 146 Å². The van der Waals surface area contributed by atoms with Crippen LogP contribution in [-0.2, 0) is 6.54 Å². The Balaban J connectivity index is 2.00. The summed E-state index contributed by atoms with van der Waals surface area (Å²) >= 11 is 5.83. The van der Waals surface area contributed by atoms with E-state index in [1.807, 2.05) is 26.0 Å². The molecule has 0 fully saturated rings. The predicted octanol–water partition coefficient (Wildman–Crippen LogP) is 3.19.